The third-order valence-electron chi connectivity index (χ3n) is 4.77. The number of nitrogens with zero attached hydrogens (tertiary/aromatic N) is 2. The van der Waals surface area contributed by atoms with Crippen LogP contribution in [0.1, 0.15) is 32.1 Å². The van der Waals surface area contributed by atoms with Crippen molar-refractivity contribution in [2.75, 3.05) is 26.2 Å². The van der Waals surface area contributed by atoms with E-state index in [1.807, 2.05) is 4.90 Å². The van der Waals surface area contributed by atoms with Crippen molar-refractivity contribution in [3.8, 4) is 5.75 Å². The highest BCUT2D eigenvalue weighted by Gasteiger charge is 2.35. The Balaban J connectivity index is 1.63. The molecular formula is C18H22Cl2N2O3. The highest BCUT2D eigenvalue weighted by Crippen LogP contribution is 2.28. The molecule has 2 fully saturated rings. The maximum Gasteiger partial charge on any atom is 0.261 e. The Morgan fingerprint density at radius 3 is 2.52 bits per heavy atom. The summed E-state index contributed by atoms with van der Waals surface area (Å²) in [5, 5.41) is 0.875. The minimum Gasteiger partial charge on any atom is -0.482 e. The zero-order valence-corrected chi connectivity index (χ0v) is 15.6. The van der Waals surface area contributed by atoms with Crippen molar-refractivity contribution >= 4 is 35.0 Å². The van der Waals surface area contributed by atoms with Gasteiger partial charge in [-0.25, -0.2) is 0 Å². The summed E-state index contributed by atoms with van der Waals surface area (Å²) in [6.45, 7) is 2.06. The van der Waals surface area contributed by atoms with Gasteiger partial charge in [0.2, 0.25) is 5.91 Å². The van der Waals surface area contributed by atoms with Gasteiger partial charge >= 0.3 is 0 Å². The van der Waals surface area contributed by atoms with Gasteiger partial charge in [0, 0.05) is 24.7 Å². The van der Waals surface area contributed by atoms with Gasteiger partial charge in [0.15, 0.2) is 6.61 Å². The Kier molecular flexibility index (Phi) is 6.07. The van der Waals surface area contributed by atoms with E-state index in [1.54, 1.807) is 23.1 Å². The number of carbonyl (C=O) groups excluding carboxylic acids is 2. The van der Waals surface area contributed by atoms with Crippen molar-refractivity contribution in [3.63, 3.8) is 0 Å². The fraction of sp³-hybridized carbons (Fsp3) is 0.556. The van der Waals surface area contributed by atoms with Crippen molar-refractivity contribution in [2.45, 2.75) is 38.1 Å². The molecule has 2 saturated heterocycles. The standard InChI is InChI=1S/C18H22Cl2N2O3/c19-13-6-7-16(14(20)11-13)25-12-17(23)22-10-2-1-5-15(22)18(24)21-8-3-4-9-21/h6-7,11,15H,1-5,8-10,12H2. The molecule has 136 valence electrons. The van der Waals surface area contributed by atoms with Gasteiger partial charge < -0.3 is 14.5 Å². The monoisotopic (exact) mass is 384 g/mol. The lowest BCUT2D eigenvalue weighted by Gasteiger charge is -2.36. The number of ether oxygens (including phenoxy) is 1. The zero-order valence-electron chi connectivity index (χ0n) is 14.0. The molecule has 2 amide bonds. The lowest BCUT2D eigenvalue weighted by molar-refractivity contribution is -0.148. The van der Waals surface area contributed by atoms with E-state index in [-0.39, 0.29) is 24.5 Å². The number of likely N-dealkylation sites (tertiary alicyclic amines) is 2. The van der Waals surface area contributed by atoms with Crippen LogP contribution in [0.15, 0.2) is 18.2 Å². The van der Waals surface area contributed by atoms with Crippen LogP contribution in [0.4, 0.5) is 0 Å². The summed E-state index contributed by atoms with van der Waals surface area (Å²) in [7, 11) is 0. The molecule has 1 atom stereocenters. The van der Waals surface area contributed by atoms with E-state index in [4.69, 9.17) is 27.9 Å². The van der Waals surface area contributed by atoms with Gasteiger partial charge in [0.1, 0.15) is 11.8 Å². The summed E-state index contributed by atoms with van der Waals surface area (Å²) in [5.74, 6) is 0.317. The molecule has 5 nitrogen and oxygen atoms in total. The molecule has 0 spiro atoms. The molecule has 25 heavy (non-hydrogen) atoms. The highest BCUT2D eigenvalue weighted by atomic mass is 35.5. The fourth-order valence-corrected chi connectivity index (χ4v) is 3.91. The van der Waals surface area contributed by atoms with Crippen molar-refractivity contribution in [3.05, 3.63) is 28.2 Å². The van der Waals surface area contributed by atoms with Gasteiger partial charge in [-0.1, -0.05) is 23.2 Å². The summed E-state index contributed by atoms with van der Waals surface area (Å²) >= 11 is 11.9. The maximum atomic E-state index is 12.7. The minimum absolute atomic E-state index is 0.0788. The minimum atomic E-state index is -0.358. The Bertz CT molecular complexity index is 647. The Hall–Kier alpha value is -1.46. The molecule has 1 aromatic carbocycles. The van der Waals surface area contributed by atoms with Gasteiger partial charge in [-0.2, -0.15) is 0 Å². The molecule has 0 aromatic heterocycles. The van der Waals surface area contributed by atoms with Gasteiger partial charge in [0.25, 0.3) is 5.91 Å². The second-order valence-electron chi connectivity index (χ2n) is 6.49. The molecule has 0 bridgehead atoms. The van der Waals surface area contributed by atoms with Crippen LogP contribution < -0.4 is 4.74 Å². The normalized spacial score (nSPS) is 20.6. The largest absolute Gasteiger partial charge is 0.482 e. The number of amides is 2. The second kappa shape index (κ2) is 8.28. The maximum absolute atomic E-state index is 12.7. The molecule has 2 aliphatic rings. The molecule has 3 rings (SSSR count). The molecule has 2 heterocycles. The lowest BCUT2D eigenvalue weighted by atomic mass is 10.0. The van der Waals surface area contributed by atoms with Crippen LogP contribution in [-0.2, 0) is 9.59 Å². The van der Waals surface area contributed by atoms with E-state index in [9.17, 15) is 9.59 Å². The second-order valence-corrected chi connectivity index (χ2v) is 7.34. The first kappa shape index (κ1) is 18.3. The number of benzene rings is 1. The van der Waals surface area contributed by atoms with E-state index in [0.717, 1.165) is 45.2 Å². The molecule has 7 heteroatoms. The summed E-state index contributed by atoms with van der Waals surface area (Å²) < 4.78 is 5.55. The van der Waals surface area contributed by atoms with E-state index in [1.165, 1.54) is 0 Å². The molecule has 1 unspecified atom stereocenters. The average molecular weight is 385 g/mol. The first-order chi connectivity index (χ1) is 12.1. The van der Waals surface area contributed by atoms with Crippen LogP contribution >= 0.6 is 23.2 Å². The number of hydrogen-bond donors (Lipinski definition) is 0. The van der Waals surface area contributed by atoms with Crippen molar-refractivity contribution in [1.82, 2.24) is 9.80 Å². The molecule has 0 aliphatic carbocycles. The molecule has 0 radical (unpaired) electrons. The van der Waals surface area contributed by atoms with Gasteiger partial charge in [0.05, 0.1) is 5.02 Å². The Morgan fingerprint density at radius 2 is 1.80 bits per heavy atom. The Labute approximate surface area is 157 Å². The number of piperidine rings is 1. The number of carbonyl (C=O) groups is 2. The van der Waals surface area contributed by atoms with E-state index in [2.05, 4.69) is 0 Å². The lowest BCUT2D eigenvalue weighted by Crippen LogP contribution is -2.53. The third kappa shape index (κ3) is 4.39. The van der Waals surface area contributed by atoms with Gasteiger partial charge in [-0.15, -0.1) is 0 Å². The van der Waals surface area contributed by atoms with Crippen LogP contribution in [0, 0.1) is 0 Å². The van der Waals surface area contributed by atoms with Crippen molar-refractivity contribution in [2.24, 2.45) is 0 Å². The molecule has 0 saturated carbocycles. The van der Waals surface area contributed by atoms with E-state index in [0.29, 0.717) is 22.3 Å². The summed E-state index contributed by atoms with van der Waals surface area (Å²) in [5.41, 5.74) is 0. The van der Waals surface area contributed by atoms with Gasteiger partial charge in [-0.05, 0) is 50.3 Å². The van der Waals surface area contributed by atoms with Gasteiger partial charge in [-0.3, -0.25) is 9.59 Å². The molecule has 1 aromatic rings. The SMILES string of the molecule is O=C(C1CCCCN1C(=O)COc1ccc(Cl)cc1Cl)N1CCCC1. The fourth-order valence-electron chi connectivity index (χ4n) is 3.45. The van der Waals surface area contributed by atoms with E-state index >= 15 is 0 Å². The zero-order chi connectivity index (χ0) is 17.8. The molecule has 2 aliphatic heterocycles. The van der Waals surface area contributed by atoms with Crippen molar-refractivity contribution in [1.29, 1.82) is 0 Å². The van der Waals surface area contributed by atoms with Crippen molar-refractivity contribution < 1.29 is 14.3 Å². The molecule has 0 N–H and O–H groups in total. The summed E-state index contributed by atoms with van der Waals surface area (Å²) in [4.78, 5) is 28.9. The highest BCUT2D eigenvalue weighted by molar-refractivity contribution is 6.35. The molecular weight excluding hydrogens is 363 g/mol. The smallest absolute Gasteiger partial charge is 0.261 e. The first-order valence-electron chi connectivity index (χ1n) is 8.72. The quantitative estimate of drug-likeness (QED) is 0.799. The number of halogens is 2. The first-order valence-corrected chi connectivity index (χ1v) is 9.48. The third-order valence-corrected chi connectivity index (χ3v) is 5.30. The van der Waals surface area contributed by atoms with Crippen LogP contribution in [-0.4, -0.2) is 53.9 Å². The Morgan fingerprint density at radius 1 is 1.08 bits per heavy atom. The number of hydrogen-bond acceptors (Lipinski definition) is 3. The average Bonchev–Trinajstić information content (AvgIpc) is 3.15. The van der Waals surface area contributed by atoms with Crippen LogP contribution in [0.2, 0.25) is 10.0 Å². The number of rotatable bonds is 4. The van der Waals surface area contributed by atoms with Crippen LogP contribution in [0.25, 0.3) is 0 Å². The topological polar surface area (TPSA) is 49.9 Å². The summed E-state index contributed by atoms with van der Waals surface area (Å²) in [6, 6.07) is 4.52. The predicted molar refractivity (Wildman–Crippen MR) is 97.1 cm³/mol. The predicted octanol–water partition coefficient (Wildman–Crippen LogP) is 3.38. The van der Waals surface area contributed by atoms with Crippen LogP contribution in [0.5, 0.6) is 5.75 Å². The summed E-state index contributed by atoms with van der Waals surface area (Å²) in [6.07, 6.45) is 4.70. The van der Waals surface area contributed by atoms with Crippen LogP contribution in [0.3, 0.4) is 0 Å². The van der Waals surface area contributed by atoms with E-state index < -0.39 is 0 Å².